The highest BCUT2D eigenvalue weighted by Crippen LogP contribution is 2.30. The van der Waals surface area contributed by atoms with Crippen LogP contribution in [0.15, 0.2) is 12.1 Å². The highest BCUT2D eigenvalue weighted by atomic mass is 16.5. The number of aromatic nitrogens is 1. The molecule has 0 bridgehead atoms. The van der Waals surface area contributed by atoms with E-state index in [-0.39, 0.29) is 17.2 Å². The number of carbonyl (C=O) groups is 1. The van der Waals surface area contributed by atoms with Crippen LogP contribution in [-0.2, 0) is 5.41 Å². The number of rotatable bonds is 3. The Morgan fingerprint density at radius 1 is 1.41 bits per heavy atom. The van der Waals surface area contributed by atoms with Crippen LogP contribution in [0.25, 0.3) is 0 Å². The average Bonchev–Trinajstić information content (AvgIpc) is 3.00. The van der Waals surface area contributed by atoms with Gasteiger partial charge in [-0.05, 0) is 25.0 Å². The Kier molecular flexibility index (Phi) is 2.81. The van der Waals surface area contributed by atoms with Gasteiger partial charge in [-0.25, -0.2) is 4.98 Å². The molecule has 17 heavy (non-hydrogen) atoms. The van der Waals surface area contributed by atoms with E-state index >= 15 is 0 Å². The normalized spacial score (nSPS) is 15.7. The van der Waals surface area contributed by atoms with Crippen LogP contribution in [0.1, 0.15) is 49.8 Å². The number of pyridine rings is 1. The van der Waals surface area contributed by atoms with Gasteiger partial charge in [0.1, 0.15) is 0 Å². The van der Waals surface area contributed by atoms with E-state index in [1.165, 1.54) is 0 Å². The lowest BCUT2D eigenvalue weighted by Crippen LogP contribution is -2.20. The summed E-state index contributed by atoms with van der Waals surface area (Å²) in [4.78, 5) is 15.7. The smallest absolute Gasteiger partial charge is 0.271 e. The molecule has 4 nitrogen and oxygen atoms in total. The summed E-state index contributed by atoms with van der Waals surface area (Å²) in [5.41, 5.74) is 6.31. The van der Waals surface area contributed by atoms with Gasteiger partial charge in [0.15, 0.2) is 11.4 Å². The molecule has 0 spiro atoms. The number of ether oxygens (including phenoxy) is 1. The van der Waals surface area contributed by atoms with Gasteiger partial charge in [0.25, 0.3) is 5.91 Å². The van der Waals surface area contributed by atoms with Gasteiger partial charge in [-0.15, -0.1) is 0 Å². The molecule has 1 aliphatic carbocycles. The predicted molar refractivity (Wildman–Crippen MR) is 65.1 cm³/mol. The number of nitrogens with zero attached hydrogens (tertiary/aromatic N) is 1. The number of primary amides is 1. The molecule has 0 radical (unpaired) electrons. The Balaban J connectivity index is 2.36. The maximum atomic E-state index is 11.4. The summed E-state index contributed by atoms with van der Waals surface area (Å²) in [6, 6.07) is 3.69. The highest BCUT2D eigenvalue weighted by Gasteiger charge is 2.27. The second-order valence-electron chi connectivity index (χ2n) is 5.47. The molecule has 0 atom stereocenters. The molecule has 0 unspecified atom stereocenters. The largest absolute Gasteiger partial charge is 0.488 e. The summed E-state index contributed by atoms with van der Waals surface area (Å²) in [5.74, 6) is -0.0280. The van der Waals surface area contributed by atoms with Crippen molar-refractivity contribution >= 4 is 5.91 Å². The molecule has 92 valence electrons. The first-order valence-corrected chi connectivity index (χ1v) is 5.86. The van der Waals surface area contributed by atoms with E-state index in [0.29, 0.717) is 5.75 Å². The van der Waals surface area contributed by atoms with Gasteiger partial charge in [0.2, 0.25) is 0 Å². The van der Waals surface area contributed by atoms with E-state index in [2.05, 4.69) is 4.98 Å². The lowest BCUT2D eigenvalue weighted by molar-refractivity contribution is 0.0990. The molecule has 1 heterocycles. The number of hydrogen-bond acceptors (Lipinski definition) is 3. The van der Waals surface area contributed by atoms with Crippen LogP contribution < -0.4 is 10.5 Å². The minimum atomic E-state index is -0.535. The van der Waals surface area contributed by atoms with Gasteiger partial charge in [-0.1, -0.05) is 20.8 Å². The predicted octanol–water partition coefficient (Wildman–Crippen LogP) is 2.02. The molecule has 1 fully saturated rings. The lowest BCUT2D eigenvalue weighted by Gasteiger charge is -2.19. The molecule has 4 heteroatoms. The van der Waals surface area contributed by atoms with Crippen molar-refractivity contribution in [1.82, 2.24) is 4.98 Å². The van der Waals surface area contributed by atoms with Crippen molar-refractivity contribution in [2.75, 3.05) is 0 Å². The number of nitrogens with two attached hydrogens (primary N) is 1. The fourth-order valence-corrected chi connectivity index (χ4v) is 1.50. The van der Waals surface area contributed by atoms with Crippen LogP contribution in [-0.4, -0.2) is 17.0 Å². The summed E-state index contributed by atoms with van der Waals surface area (Å²) < 4.78 is 5.62. The van der Waals surface area contributed by atoms with Crippen LogP contribution in [0.5, 0.6) is 5.75 Å². The number of amides is 1. The van der Waals surface area contributed by atoms with E-state index in [9.17, 15) is 4.79 Å². The van der Waals surface area contributed by atoms with Crippen LogP contribution in [0.4, 0.5) is 0 Å². The first kappa shape index (κ1) is 11.9. The standard InChI is InChI=1S/C13H18N2O2/c1-13(2,3)10-7-6-9(17-8-4-5-8)11(15-10)12(14)16/h6-8H,4-5H2,1-3H3,(H2,14,16). The van der Waals surface area contributed by atoms with Crippen molar-refractivity contribution in [2.45, 2.75) is 45.1 Å². The SMILES string of the molecule is CC(C)(C)c1ccc(OC2CC2)c(C(N)=O)n1. The second-order valence-corrected chi connectivity index (χ2v) is 5.47. The van der Waals surface area contributed by atoms with Crippen molar-refractivity contribution in [3.05, 3.63) is 23.5 Å². The van der Waals surface area contributed by atoms with E-state index in [1.807, 2.05) is 26.8 Å². The van der Waals surface area contributed by atoms with Crippen molar-refractivity contribution < 1.29 is 9.53 Å². The third-order valence-electron chi connectivity index (χ3n) is 2.68. The molecule has 0 aliphatic heterocycles. The Morgan fingerprint density at radius 2 is 2.06 bits per heavy atom. The maximum Gasteiger partial charge on any atom is 0.271 e. The fraction of sp³-hybridized carbons (Fsp3) is 0.538. The Morgan fingerprint density at radius 3 is 2.53 bits per heavy atom. The lowest BCUT2D eigenvalue weighted by atomic mass is 9.91. The second kappa shape index (κ2) is 4.02. The van der Waals surface area contributed by atoms with E-state index in [0.717, 1.165) is 18.5 Å². The summed E-state index contributed by atoms with van der Waals surface area (Å²) >= 11 is 0. The van der Waals surface area contributed by atoms with Crippen molar-refractivity contribution in [2.24, 2.45) is 5.73 Å². The van der Waals surface area contributed by atoms with E-state index in [4.69, 9.17) is 10.5 Å². The molecular weight excluding hydrogens is 216 g/mol. The molecule has 1 saturated carbocycles. The van der Waals surface area contributed by atoms with E-state index in [1.54, 1.807) is 6.07 Å². The van der Waals surface area contributed by atoms with Gasteiger partial charge in [-0.3, -0.25) is 4.79 Å². The zero-order chi connectivity index (χ0) is 12.6. The zero-order valence-corrected chi connectivity index (χ0v) is 10.5. The highest BCUT2D eigenvalue weighted by molar-refractivity contribution is 5.93. The summed E-state index contributed by atoms with van der Waals surface area (Å²) in [5, 5.41) is 0. The van der Waals surface area contributed by atoms with Gasteiger partial charge < -0.3 is 10.5 Å². The van der Waals surface area contributed by atoms with Gasteiger partial charge in [-0.2, -0.15) is 0 Å². The molecule has 2 N–H and O–H groups in total. The van der Waals surface area contributed by atoms with E-state index < -0.39 is 5.91 Å². The third-order valence-corrected chi connectivity index (χ3v) is 2.68. The Labute approximate surface area is 101 Å². The molecule has 0 saturated heterocycles. The van der Waals surface area contributed by atoms with Crippen LogP contribution >= 0.6 is 0 Å². The molecule has 1 aromatic heterocycles. The van der Waals surface area contributed by atoms with Gasteiger partial charge in [0.05, 0.1) is 6.10 Å². The van der Waals surface area contributed by atoms with Crippen molar-refractivity contribution in [1.29, 1.82) is 0 Å². The monoisotopic (exact) mass is 234 g/mol. The van der Waals surface area contributed by atoms with Gasteiger partial charge in [0, 0.05) is 11.1 Å². The minimum absolute atomic E-state index is 0.109. The van der Waals surface area contributed by atoms with Crippen molar-refractivity contribution in [3.63, 3.8) is 0 Å². The Hall–Kier alpha value is -1.58. The zero-order valence-electron chi connectivity index (χ0n) is 10.5. The number of hydrogen-bond donors (Lipinski definition) is 1. The summed E-state index contributed by atoms with van der Waals surface area (Å²) in [7, 11) is 0. The first-order chi connectivity index (χ1) is 7.88. The van der Waals surface area contributed by atoms with Gasteiger partial charge >= 0.3 is 0 Å². The van der Waals surface area contributed by atoms with Crippen LogP contribution in [0.2, 0.25) is 0 Å². The summed E-state index contributed by atoms with van der Waals surface area (Å²) in [6.45, 7) is 6.13. The first-order valence-electron chi connectivity index (χ1n) is 5.86. The molecule has 0 aromatic carbocycles. The molecule has 2 rings (SSSR count). The molecule has 1 amide bonds. The number of carbonyl (C=O) groups excluding carboxylic acids is 1. The molecular formula is C13H18N2O2. The fourth-order valence-electron chi connectivity index (χ4n) is 1.50. The Bertz CT molecular complexity index is 445. The van der Waals surface area contributed by atoms with Crippen LogP contribution in [0.3, 0.4) is 0 Å². The van der Waals surface area contributed by atoms with Crippen LogP contribution in [0, 0.1) is 0 Å². The topological polar surface area (TPSA) is 65.2 Å². The quantitative estimate of drug-likeness (QED) is 0.870. The minimum Gasteiger partial charge on any atom is -0.488 e. The van der Waals surface area contributed by atoms with Crippen molar-refractivity contribution in [3.8, 4) is 5.75 Å². The average molecular weight is 234 g/mol. The third kappa shape index (κ3) is 2.75. The molecule has 1 aromatic rings. The maximum absolute atomic E-state index is 11.4. The molecule has 1 aliphatic rings. The summed E-state index contributed by atoms with van der Waals surface area (Å²) in [6.07, 6.45) is 2.31.